The van der Waals surface area contributed by atoms with E-state index < -0.39 is 6.04 Å². The smallest absolute Gasteiger partial charge is 0.246 e. The molecule has 1 aromatic heterocycles. The van der Waals surface area contributed by atoms with E-state index in [0.29, 0.717) is 23.4 Å². The summed E-state index contributed by atoms with van der Waals surface area (Å²) in [6.45, 7) is 5.76. The second kappa shape index (κ2) is 8.08. The summed E-state index contributed by atoms with van der Waals surface area (Å²) >= 11 is 0. The molecule has 6 rings (SSSR count). The van der Waals surface area contributed by atoms with Crippen LogP contribution in [0.4, 0.5) is 11.5 Å². The third-order valence-electron chi connectivity index (χ3n) is 8.10. The molecule has 5 fully saturated rings. The zero-order valence-corrected chi connectivity index (χ0v) is 18.8. The van der Waals surface area contributed by atoms with Gasteiger partial charge in [-0.1, -0.05) is 0 Å². The van der Waals surface area contributed by atoms with Gasteiger partial charge in [-0.15, -0.1) is 0 Å². The van der Waals surface area contributed by atoms with Crippen LogP contribution in [-0.2, 0) is 9.59 Å². The molecule has 4 aliphatic carbocycles. The average molecular weight is 426 g/mol. The molecule has 0 unspecified atom stereocenters. The summed E-state index contributed by atoms with van der Waals surface area (Å²) in [5, 5.41) is 5.96. The van der Waals surface area contributed by atoms with E-state index in [1.54, 1.807) is 13.1 Å². The molecule has 31 heavy (non-hydrogen) atoms. The molecule has 2 amide bonds. The van der Waals surface area contributed by atoms with Crippen molar-refractivity contribution in [2.45, 2.75) is 51.5 Å². The number of anilines is 2. The molecule has 1 atom stereocenters. The highest BCUT2D eigenvalue weighted by Crippen LogP contribution is 2.60. The molecule has 2 heterocycles. The Labute approximate surface area is 185 Å². The van der Waals surface area contributed by atoms with Crippen LogP contribution in [0.5, 0.6) is 0 Å². The van der Waals surface area contributed by atoms with Gasteiger partial charge < -0.3 is 20.4 Å². The van der Waals surface area contributed by atoms with Crippen LogP contribution in [0.25, 0.3) is 0 Å². The highest BCUT2D eigenvalue weighted by molar-refractivity contribution is 5.97. The minimum absolute atomic E-state index is 0.0952. The number of carbonyl (C=O) groups is 2. The highest BCUT2D eigenvalue weighted by atomic mass is 16.2. The fourth-order valence-electron chi connectivity index (χ4n) is 6.74. The summed E-state index contributed by atoms with van der Waals surface area (Å²) in [5.41, 5.74) is 0.438. The minimum Gasteiger partial charge on any atom is -0.354 e. The molecule has 1 aliphatic heterocycles. The first kappa shape index (κ1) is 20.7. The largest absolute Gasteiger partial charge is 0.354 e. The van der Waals surface area contributed by atoms with Gasteiger partial charge in [-0.25, -0.2) is 4.98 Å². The molecule has 0 spiro atoms. The minimum atomic E-state index is -0.558. The molecule has 4 saturated carbocycles. The summed E-state index contributed by atoms with van der Waals surface area (Å²) in [6.07, 6.45) is 8.66. The third kappa shape index (κ3) is 4.16. The molecule has 7 nitrogen and oxygen atoms in total. The summed E-state index contributed by atoms with van der Waals surface area (Å²) in [5.74, 6) is 2.99. The van der Waals surface area contributed by atoms with Crippen molar-refractivity contribution >= 4 is 23.3 Å². The molecule has 1 saturated heterocycles. The van der Waals surface area contributed by atoms with E-state index in [2.05, 4.69) is 32.5 Å². The Morgan fingerprint density at radius 2 is 1.65 bits per heavy atom. The van der Waals surface area contributed by atoms with E-state index in [9.17, 15) is 9.59 Å². The van der Waals surface area contributed by atoms with E-state index in [4.69, 9.17) is 0 Å². The summed E-state index contributed by atoms with van der Waals surface area (Å²) in [4.78, 5) is 35.0. The number of nitrogens with one attached hydrogen (secondary N) is 2. The Bertz CT molecular complexity index is 796. The van der Waals surface area contributed by atoms with Crippen LogP contribution in [0.15, 0.2) is 18.3 Å². The zero-order chi connectivity index (χ0) is 21.6. The number of likely N-dealkylation sites (N-methyl/N-ethyl adjacent to an activating group) is 1. The van der Waals surface area contributed by atoms with Crippen LogP contribution in [0, 0.1) is 23.2 Å². The summed E-state index contributed by atoms with van der Waals surface area (Å²) < 4.78 is 0. The van der Waals surface area contributed by atoms with Gasteiger partial charge in [0.25, 0.3) is 0 Å². The van der Waals surface area contributed by atoms with Crippen LogP contribution in [0.3, 0.4) is 0 Å². The lowest BCUT2D eigenvalue weighted by atomic mass is 9.49. The van der Waals surface area contributed by atoms with Gasteiger partial charge in [0.05, 0.1) is 11.9 Å². The summed E-state index contributed by atoms with van der Waals surface area (Å²) in [6, 6.07) is 3.30. The monoisotopic (exact) mass is 425 g/mol. The van der Waals surface area contributed by atoms with Crippen molar-refractivity contribution in [1.29, 1.82) is 0 Å². The van der Waals surface area contributed by atoms with E-state index >= 15 is 0 Å². The lowest BCUT2D eigenvalue weighted by molar-refractivity contribution is -0.147. The molecule has 0 aromatic carbocycles. The van der Waals surface area contributed by atoms with Gasteiger partial charge >= 0.3 is 0 Å². The first-order chi connectivity index (χ1) is 14.9. The van der Waals surface area contributed by atoms with Gasteiger partial charge in [-0.2, -0.15) is 0 Å². The van der Waals surface area contributed by atoms with Gasteiger partial charge in [0, 0.05) is 31.6 Å². The molecular formula is C24H35N5O2. The normalized spacial score (nSPS) is 33.2. The molecule has 2 N–H and O–H groups in total. The predicted molar refractivity (Wildman–Crippen MR) is 121 cm³/mol. The lowest BCUT2D eigenvalue weighted by Crippen LogP contribution is -2.56. The molecule has 0 radical (unpaired) electrons. The van der Waals surface area contributed by atoms with Crippen molar-refractivity contribution in [3.8, 4) is 0 Å². The number of hydrogen-bond donors (Lipinski definition) is 2. The second-order valence-corrected chi connectivity index (χ2v) is 10.6. The van der Waals surface area contributed by atoms with Crippen molar-refractivity contribution in [2.75, 3.05) is 43.4 Å². The number of aromatic nitrogens is 1. The van der Waals surface area contributed by atoms with Crippen LogP contribution in [0.2, 0.25) is 0 Å². The van der Waals surface area contributed by atoms with E-state index in [1.807, 2.05) is 12.1 Å². The Morgan fingerprint density at radius 1 is 1.03 bits per heavy atom. The van der Waals surface area contributed by atoms with Gasteiger partial charge in [0.15, 0.2) is 0 Å². The van der Waals surface area contributed by atoms with Gasteiger partial charge in [-0.3, -0.25) is 9.59 Å². The quantitative estimate of drug-likeness (QED) is 0.758. The maximum absolute atomic E-state index is 13.2. The Hall–Kier alpha value is -2.15. The number of hydrogen-bond acceptors (Lipinski definition) is 5. The number of pyridine rings is 1. The summed E-state index contributed by atoms with van der Waals surface area (Å²) in [7, 11) is 2.13. The predicted octanol–water partition coefficient (Wildman–Crippen LogP) is 2.49. The molecular weight excluding hydrogens is 390 g/mol. The van der Waals surface area contributed by atoms with Crippen molar-refractivity contribution in [1.82, 2.24) is 15.2 Å². The molecule has 1 aromatic rings. The van der Waals surface area contributed by atoms with Crippen molar-refractivity contribution < 1.29 is 9.59 Å². The van der Waals surface area contributed by atoms with Crippen LogP contribution < -0.4 is 15.5 Å². The van der Waals surface area contributed by atoms with Gasteiger partial charge in [0.2, 0.25) is 11.8 Å². The molecule has 4 bridgehead atoms. The SMILES string of the molecule is C[C@H](NC(=O)C12CC3CC(CC(C3)C1)C2)C(=O)Nc1ccc(N2CCN(C)CC2)nc1. The van der Waals surface area contributed by atoms with E-state index in [-0.39, 0.29) is 17.2 Å². The highest BCUT2D eigenvalue weighted by Gasteiger charge is 2.54. The van der Waals surface area contributed by atoms with Crippen molar-refractivity contribution in [3.63, 3.8) is 0 Å². The molecule has 5 aliphatic rings. The van der Waals surface area contributed by atoms with E-state index in [1.165, 1.54) is 19.3 Å². The fraction of sp³-hybridized carbons (Fsp3) is 0.708. The number of amides is 2. The number of rotatable bonds is 5. The van der Waals surface area contributed by atoms with Crippen LogP contribution in [0.1, 0.15) is 45.4 Å². The maximum Gasteiger partial charge on any atom is 0.246 e. The topological polar surface area (TPSA) is 77.6 Å². The first-order valence-corrected chi connectivity index (χ1v) is 11.9. The Morgan fingerprint density at radius 3 is 2.19 bits per heavy atom. The average Bonchev–Trinajstić information content (AvgIpc) is 2.74. The Kier molecular flexibility index (Phi) is 5.40. The van der Waals surface area contributed by atoms with Crippen LogP contribution >= 0.6 is 0 Å². The van der Waals surface area contributed by atoms with Gasteiger partial charge in [-0.05, 0) is 82.4 Å². The molecule has 168 valence electrons. The Balaban J connectivity index is 1.16. The van der Waals surface area contributed by atoms with Crippen LogP contribution in [-0.4, -0.2) is 61.0 Å². The number of carbonyl (C=O) groups excluding carboxylic acids is 2. The van der Waals surface area contributed by atoms with Crippen molar-refractivity contribution in [2.24, 2.45) is 23.2 Å². The molecule has 7 heteroatoms. The maximum atomic E-state index is 13.2. The third-order valence-corrected chi connectivity index (χ3v) is 8.10. The first-order valence-electron chi connectivity index (χ1n) is 11.9. The standard InChI is InChI=1S/C24H35N5O2/c1-16(26-23(31)24-12-17-9-18(13-24)11-19(10-17)14-24)22(30)27-20-3-4-21(25-15-20)29-7-5-28(2)6-8-29/h3-4,15-19H,5-14H2,1-2H3,(H,26,31)(H,27,30)/t16-,17?,18?,19?,24?/m0/s1. The van der Waals surface area contributed by atoms with Gasteiger partial charge in [0.1, 0.15) is 11.9 Å². The van der Waals surface area contributed by atoms with E-state index in [0.717, 1.165) is 51.3 Å². The number of piperazine rings is 1. The number of nitrogens with zero attached hydrogens (tertiary/aromatic N) is 3. The second-order valence-electron chi connectivity index (χ2n) is 10.6. The zero-order valence-electron chi connectivity index (χ0n) is 18.8. The van der Waals surface area contributed by atoms with Crippen molar-refractivity contribution in [3.05, 3.63) is 18.3 Å². The lowest BCUT2D eigenvalue weighted by Gasteiger charge is -2.55. The fourth-order valence-corrected chi connectivity index (χ4v) is 6.74.